The van der Waals surface area contributed by atoms with Crippen molar-refractivity contribution < 1.29 is 4.79 Å². The highest BCUT2D eigenvalue weighted by Gasteiger charge is 2.16. The van der Waals surface area contributed by atoms with Crippen LogP contribution in [0.25, 0.3) is 0 Å². The SMILES string of the molecule is CCc1[nH]nc(C(=O)NCc2cc(Br)cs2)c1N. The van der Waals surface area contributed by atoms with Gasteiger partial charge in [-0.1, -0.05) is 6.92 Å². The second-order valence-corrected chi connectivity index (χ2v) is 5.64. The van der Waals surface area contributed by atoms with Crippen LogP contribution in [0.2, 0.25) is 0 Å². The summed E-state index contributed by atoms with van der Waals surface area (Å²) < 4.78 is 1.02. The highest BCUT2D eigenvalue weighted by molar-refractivity contribution is 9.10. The molecule has 2 rings (SSSR count). The molecule has 0 aliphatic carbocycles. The van der Waals surface area contributed by atoms with Crippen LogP contribution >= 0.6 is 27.3 Å². The number of amides is 1. The number of anilines is 1. The Morgan fingerprint density at radius 3 is 3.00 bits per heavy atom. The van der Waals surface area contributed by atoms with Gasteiger partial charge in [0.15, 0.2) is 5.69 Å². The number of hydrogen-bond acceptors (Lipinski definition) is 4. The molecular weight excluding hydrogens is 316 g/mol. The van der Waals surface area contributed by atoms with E-state index in [0.717, 1.165) is 21.5 Å². The van der Waals surface area contributed by atoms with Crippen LogP contribution in [-0.2, 0) is 13.0 Å². The van der Waals surface area contributed by atoms with Crippen LogP contribution in [0.3, 0.4) is 0 Å². The molecule has 4 N–H and O–H groups in total. The number of nitrogens with two attached hydrogens (primary N) is 1. The minimum atomic E-state index is -0.257. The van der Waals surface area contributed by atoms with Gasteiger partial charge in [0.25, 0.3) is 5.91 Å². The number of aromatic nitrogens is 2. The zero-order valence-electron chi connectivity index (χ0n) is 9.79. The van der Waals surface area contributed by atoms with Gasteiger partial charge in [-0.2, -0.15) is 5.10 Å². The van der Waals surface area contributed by atoms with E-state index in [1.165, 1.54) is 0 Å². The Labute approximate surface area is 117 Å². The number of halogens is 1. The largest absolute Gasteiger partial charge is 0.395 e. The monoisotopic (exact) mass is 328 g/mol. The Balaban J connectivity index is 2.01. The summed E-state index contributed by atoms with van der Waals surface area (Å²) in [5.74, 6) is -0.257. The molecule has 0 aromatic carbocycles. The molecule has 0 aliphatic heterocycles. The van der Waals surface area contributed by atoms with Crippen LogP contribution in [0.5, 0.6) is 0 Å². The molecule has 0 spiro atoms. The summed E-state index contributed by atoms with van der Waals surface area (Å²) >= 11 is 4.95. The summed E-state index contributed by atoms with van der Waals surface area (Å²) in [6, 6.07) is 1.97. The number of nitrogens with zero attached hydrogens (tertiary/aromatic N) is 1. The highest BCUT2D eigenvalue weighted by atomic mass is 79.9. The number of carbonyl (C=O) groups is 1. The number of aromatic amines is 1. The lowest BCUT2D eigenvalue weighted by molar-refractivity contribution is 0.0947. The maximum atomic E-state index is 11.9. The normalized spacial score (nSPS) is 10.6. The predicted octanol–water partition coefficient (Wildman–Crippen LogP) is 2.31. The lowest BCUT2D eigenvalue weighted by Gasteiger charge is -2.01. The molecule has 2 heterocycles. The summed E-state index contributed by atoms with van der Waals surface area (Å²) in [5, 5.41) is 11.5. The van der Waals surface area contributed by atoms with Crippen molar-refractivity contribution in [2.45, 2.75) is 19.9 Å². The zero-order valence-corrected chi connectivity index (χ0v) is 12.2. The van der Waals surface area contributed by atoms with Gasteiger partial charge in [0, 0.05) is 14.7 Å². The van der Waals surface area contributed by atoms with Gasteiger partial charge in [-0.3, -0.25) is 9.89 Å². The van der Waals surface area contributed by atoms with Crippen molar-refractivity contribution in [3.63, 3.8) is 0 Å². The Hall–Kier alpha value is -1.34. The van der Waals surface area contributed by atoms with Gasteiger partial charge in [-0.15, -0.1) is 11.3 Å². The number of aryl methyl sites for hydroxylation is 1. The maximum Gasteiger partial charge on any atom is 0.274 e. The molecule has 5 nitrogen and oxygen atoms in total. The summed E-state index contributed by atoms with van der Waals surface area (Å²) in [5.41, 5.74) is 7.32. The molecule has 0 saturated heterocycles. The number of thiophene rings is 1. The average molecular weight is 329 g/mol. The van der Waals surface area contributed by atoms with Crippen molar-refractivity contribution in [2.75, 3.05) is 5.73 Å². The zero-order chi connectivity index (χ0) is 13.1. The fraction of sp³-hybridized carbons (Fsp3) is 0.273. The number of nitrogens with one attached hydrogen (secondary N) is 2. The fourth-order valence-corrected chi connectivity index (χ4v) is 2.92. The quantitative estimate of drug-likeness (QED) is 0.805. The number of hydrogen-bond donors (Lipinski definition) is 3. The number of rotatable bonds is 4. The standard InChI is InChI=1S/C11H13BrN4OS/c1-2-8-9(13)10(16-15-8)11(17)14-4-7-3-6(12)5-18-7/h3,5H,2,4,13H2,1H3,(H,14,17)(H,15,16). The summed E-state index contributed by atoms with van der Waals surface area (Å²) in [6.45, 7) is 2.43. The van der Waals surface area contributed by atoms with Gasteiger partial charge in [0.1, 0.15) is 0 Å². The molecule has 0 atom stereocenters. The Morgan fingerprint density at radius 1 is 1.67 bits per heavy atom. The van der Waals surface area contributed by atoms with Crippen molar-refractivity contribution in [1.82, 2.24) is 15.5 Å². The molecule has 0 unspecified atom stereocenters. The van der Waals surface area contributed by atoms with E-state index in [4.69, 9.17) is 5.73 Å². The molecule has 0 radical (unpaired) electrons. The van der Waals surface area contributed by atoms with Crippen LogP contribution < -0.4 is 11.1 Å². The van der Waals surface area contributed by atoms with Gasteiger partial charge in [0.05, 0.1) is 17.9 Å². The van der Waals surface area contributed by atoms with Gasteiger partial charge in [-0.05, 0) is 28.4 Å². The molecule has 1 amide bonds. The summed E-state index contributed by atoms with van der Waals surface area (Å²) in [7, 11) is 0. The number of H-pyrrole nitrogens is 1. The molecule has 2 aromatic rings. The Morgan fingerprint density at radius 2 is 2.44 bits per heavy atom. The number of carbonyl (C=O) groups excluding carboxylic acids is 1. The van der Waals surface area contributed by atoms with E-state index in [1.807, 2.05) is 18.4 Å². The van der Waals surface area contributed by atoms with E-state index < -0.39 is 0 Å². The molecule has 7 heteroatoms. The summed E-state index contributed by atoms with van der Waals surface area (Å²) in [4.78, 5) is 13.0. The van der Waals surface area contributed by atoms with E-state index in [2.05, 4.69) is 31.4 Å². The van der Waals surface area contributed by atoms with E-state index in [1.54, 1.807) is 11.3 Å². The minimum absolute atomic E-state index is 0.257. The smallest absolute Gasteiger partial charge is 0.274 e. The first-order chi connectivity index (χ1) is 8.61. The van der Waals surface area contributed by atoms with E-state index in [-0.39, 0.29) is 11.6 Å². The average Bonchev–Trinajstić information content (AvgIpc) is 2.92. The lowest BCUT2D eigenvalue weighted by Crippen LogP contribution is -2.23. The van der Waals surface area contributed by atoms with Crippen LogP contribution in [0, 0.1) is 0 Å². The molecular formula is C11H13BrN4OS. The second-order valence-electron chi connectivity index (χ2n) is 3.73. The van der Waals surface area contributed by atoms with Crippen LogP contribution in [-0.4, -0.2) is 16.1 Å². The summed E-state index contributed by atoms with van der Waals surface area (Å²) in [6.07, 6.45) is 0.726. The van der Waals surface area contributed by atoms with Crippen molar-refractivity contribution in [3.05, 3.63) is 32.2 Å². The van der Waals surface area contributed by atoms with Gasteiger partial charge in [0.2, 0.25) is 0 Å². The van der Waals surface area contributed by atoms with Crippen LogP contribution in [0.1, 0.15) is 28.0 Å². The lowest BCUT2D eigenvalue weighted by atomic mass is 10.2. The first-order valence-corrected chi connectivity index (χ1v) is 7.13. The molecule has 0 aliphatic rings. The van der Waals surface area contributed by atoms with Gasteiger partial charge in [-0.25, -0.2) is 0 Å². The fourth-order valence-electron chi connectivity index (χ4n) is 1.53. The maximum absolute atomic E-state index is 11.9. The van der Waals surface area contributed by atoms with Crippen molar-refractivity contribution in [1.29, 1.82) is 0 Å². The van der Waals surface area contributed by atoms with Crippen molar-refractivity contribution >= 4 is 38.9 Å². The molecule has 96 valence electrons. The third-order valence-electron chi connectivity index (χ3n) is 2.50. The van der Waals surface area contributed by atoms with Crippen molar-refractivity contribution in [3.8, 4) is 0 Å². The first-order valence-electron chi connectivity index (χ1n) is 5.45. The molecule has 0 fully saturated rings. The molecule has 0 bridgehead atoms. The van der Waals surface area contributed by atoms with E-state index in [0.29, 0.717) is 12.2 Å². The minimum Gasteiger partial charge on any atom is -0.395 e. The van der Waals surface area contributed by atoms with Crippen LogP contribution in [0.4, 0.5) is 5.69 Å². The van der Waals surface area contributed by atoms with Crippen molar-refractivity contribution in [2.24, 2.45) is 0 Å². The number of nitrogen functional groups attached to an aromatic ring is 1. The first kappa shape index (κ1) is 13.1. The molecule has 18 heavy (non-hydrogen) atoms. The third kappa shape index (κ3) is 2.73. The molecule has 2 aromatic heterocycles. The van der Waals surface area contributed by atoms with E-state index in [9.17, 15) is 4.79 Å². The predicted molar refractivity (Wildman–Crippen MR) is 75.6 cm³/mol. The molecule has 0 saturated carbocycles. The third-order valence-corrected chi connectivity index (χ3v) is 4.19. The highest BCUT2D eigenvalue weighted by Crippen LogP contribution is 2.20. The van der Waals surface area contributed by atoms with Crippen LogP contribution in [0.15, 0.2) is 15.9 Å². The van der Waals surface area contributed by atoms with E-state index >= 15 is 0 Å². The van der Waals surface area contributed by atoms with Gasteiger partial charge >= 0.3 is 0 Å². The topological polar surface area (TPSA) is 83.8 Å². The Bertz CT molecular complexity index is 563. The van der Waals surface area contributed by atoms with Gasteiger partial charge < -0.3 is 11.1 Å². The Kier molecular flexibility index (Phi) is 4.03. The second kappa shape index (κ2) is 5.53.